The van der Waals surface area contributed by atoms with Crippen molar-refractivity contribution in [2.45, 2.75) is 20.0 Å². The van der Waals surface area contributed by atoms with E-state index in [4.69, 9.17) is 4.74 Å². The minimum absolute atomic E-state index is 0.0452. The molecule has 0 radical (unpaired) electrons. The molecule has 0 unspecified atom stereocenters. The van der Waals surface area contributed by atoms with E-state index >= 15 is 0 Å². The molecule has 0 atom stereocenters. The molecule has 0 saturated heterocycles. The first-order valence-corrected chi connectivity index (χ1v) is 11.9. The van der Waals surface area contributed by atoms with Crippen LogP contribution >= 0.6 is 22.7 Å². The molecule has 33 heavy (non-hydrogen) atoms. The van der Waals surface area contributed by atoms with Crippen molar-refractivity contribution >= 4 is 46.0 Å². The van der Waals surface area contributed by atoms with Crippen LogP contribution in [0, 0.1) is 6.92 Å². The maximum Gasteiger partial charge on any atom is 0.339 e. The molecular formula is C25H20N2O4S2. The number of anilines is 1. The number of carbonyl (C=O) groups excluding carboxylic acids is 3. The Kier molecular flexibility index (Phi) is 7.07. The zero-order valence-electron chi connectivity index (χ0n) is 17.7. The van der Waals surface area contributed by atoms with Gasteiger partial charge in [0.2, 0.25) is 11.7 Å². The van der Waals surface area contributed by atoms with Crippen LogP contribution in [0.5, 0.6) is 0 Å². The van der Waals surface area contributed by atoms with E-state index in [-0.39, 0.29) is 30.3 Å². The maximum atomic E-state index is 12.7. The number of nitrogens with one attached hydrogen (secondary N) is 1. The van der Waals surface area contributed by atoms with Crippen molar-refractivity contribution in [1.82, 2.24) is 4.98 Å². The molecule has 4 rings (SSSR count). The highest BCUT2D eigenvalue weighted by molar-refractivity contribution is 7.12. The molecule has 4 aromatic rings. The number of rotatable bonds is 8. The molecule has 1 N–H and O–H groups in total. The lowest BCUT2D eigenvalue weighted by atomic mass is 10.0. The van der Waals surface area contributed by atoms with Gasteiger partial charge in [0.25, 0.3) is 0 Å². The lowest BCUT2D eigenvalue weighted by molar-refractivity contribution is -0.115. The number of amides is 1. The first-order chi connectivity index (χ1) is 16.0. The molecule has 0 spiro atoms. The lowest BCUT2D eigenvalue weighted by Gasteiger charge is -2.07. The molecule has 1 amide bonds. The molecule has 2 aromatic carbocycles. The quantitative estimate of drug-likeness (QED) is 0.276. The number of aryl methyl sites for hydroxylation is 1. The van der Waals surface area contributed by atoms with Crippen molar-refractivity contribution in [3.8, 4) is 0 Å². The van der Waals surface area contributed by atoms with Crippen LogP contribution in [0.4, 0.5) is 5.69 Å². The van der Waals surface area contributed by atoms with Crippen molar-refractivity contribution in [3.05, 3.63) is 104 Å². The summed E-state index contributed by atoms with van der Waals surface area (Å²) in [6.07, 6.45) is 0.130. The molecule has 6 nitrogen and oxygen atoms in total. The first-order valence-electron chi connectivity index (χ1n) is 10.1. The molecule has 0 bridgehead atoms. The number of aromatic nitrogens is 1. The third-order valence-electron chi connectivity index (χ3n) is 4.73. The summed E-state index contributed by atoms with van der Waals surface area (Å²) in [5.41, 5.74) is 2.91. The van der Waals surface area contributed by atoms with E-state index in [9.17, 15) is 14.4 Å². The number of hydrogen-bond acceptors (Lipinski definition) is 7. The Morgan fingerprint density at radius 1 is 0.939 bits per heavy atom. The number of esters is 1. The van der Waals surface area contributed by atoms with Crippen LogP contribution in [0.1, 0.15) is 41.9 Å². The Morgan fingerprint density at radius 2 is 1.70 bits per heavy atom. The summed E-state index contributed by atoms with van der Waals surface area (Å²) in [7, 11) is 0. The standard InChI is InChI=1S/C25H20N2O4S2/c1-16-8-10-17(11-9-16)26-22(28)13-23-27-18(15-33-23)14-31-25(30)20-6-3-2-5-19(20)24(29)21-7-4-12-32-21/h2-12,15H,13-14H2,1H3,(H,26,28). The Balaban J connectivity index is 1.35. The average Bonchev–Trinajstić information content (AvgIpc) is 3.51. The maximum absolute atomic E-state index is 12.7. The van der Waals surface area contributed by atoms with Gasteiger partial charge in [-0.2, -0.15) is 0 Å². The minimum atomic E-state index is -0.595. The number of benzene rings is 2. The molecular weight excluding hydrogens is 456 g/mol. The molecule has 8 heteroatoms. The van der Waals surface area contributed by atoms with Gasteiger partial charge in [-0.3, -0.25) is 9.59 Å². The predicted molar refractivity (Wildman–Crippen MR) is 129 cm³/mol. The number of nitrogens with zero attached hydrogens (tertiary/aromatic N) is 1. The van der Waals surface area contributed by atoms with Crippen LogP contribution in [-0.4, -0.2) is 22.6 Å². The summed E-state index contributed by atoms with van der Waals surface area (Å²) in [5.74, 6) is -0.979. The van der Waals surface area contributed by atoms with E-state index in [0.29, 0.717) is 21.1 Å². The van der Waals surface area contributed by atoms with Gasteiger partial charge in [0.1, 0.15) is 11.6 Å². The fourth-order valence-electron chi connectivity index (χ4n) is 3.09. The smallest absolute Gasteiger partial charge is 0.339 e. The van der Waals surface area contributed by atoms with Crippen LogP contribution in [0.15, 0.2) is 71.4 Å². The monoisotopic (exact) mass is 476 g/mol. The zero-order chi connectivity index (χ0) is 23.2. The molecule has 0 aliphatic heterocycles. The summed E-state index contributed by atoms with van der Waals surface area (Å²) >= 11 is 2.65. The van der Waals surface area contributed by atoms with Gasteiger partial charge < -0.3 is 10.1 Å². The summed E-state index contributed by atoms with van der Waals surface area (Å²) in [5, 5.41) is 7.03. The van der Waals surface area contributed by atoms with Crippen LogP contribution in [0.25, 0.3) is 0 Å². The van der Waals surface area contributed by atoms with Gasteiger partial charge in [0.05, 0.1) is 22.6 Å². The van der Waals surface area contributed by atoms with Crippen molar-refractivity contribution < 1.29 is 19.1 Å². The average molecular weight is 477 g/mol. The molecule has 0 saturated carbocycles. The van der Waals surface area contributed by atoms with Gasteiger partial charge >= 0.3 is 5.97 Å². The first kappa shape index (κ1) is 22.6. The predicted octanol–water partition coefficient (Wildman–Crippen LogP) is 5.28. The number of carbonyl (C=O) groups is 3. The van der Waals surface area contributed by atoms with E-state index in [2.05, 4.69) is 10.3 Å². The Morgan fingerprint density at radius 3 is 2.42 bits per heavy atom. The van der Waals surface area contributed by atoms with E-state index in [1.165, 1.54) is 22.7 Å². The van der Waals surface area contributed by atoms with Gasteiger partial charge in [-0.25, -0.2) is 9.78 Å². The lowest BCUT2D eigenvalue weighted by Crippen LogP contribution is -2.14. The second-order valence-corrected chi connectivity index (χ2v) is 9.14. The highest BCUT2D eigenvalue weighted by Gasteiger charge is 2.20. The van der Waals surface area contributed by atoms with Gasteiger partial charge in [-0.05, 0) is 36.6 Å². The largest absolute Gasteiger partial charge is 0.456 e. The van der Waals surface area contributed by atoms with Crippen LogP contribution in [-0.2, 0) is 22.6 Å². The SMILES string of the molecule is Cc1ccc(NC(=O)Cc2nc(COC(=O)c3ccccc3C(=O)c3cccs3)cs2)cc1. The Labute approximate surface area is 198 Å². The fraction of sp³-hybridized carbons (Fsp3) is 0.120. The van der Waals surface area contributed by atoms with Gasteiger partial charge in [0.15, 0.2) is 0 Å². The van der Waals surface area contributed by atoms with Gasteiger partial charge in [-0.15, -0.1) is 22.7 Å². The highest BCUT2D eigenvalue weighted by Crippen LogP contribution is 2.20. The Bertz CT molecular complexity index is 1280. The van der Waals surface area contributed by atoms with Crippen LogP contribution < -0.4 is 5.32 Å². The second kappa shape index (κ2) is 10.3. The zero-order valence-corrected chi connectivity index (χ0v) is 19.4. The van der Waals surface area contributed by atoms with E-state index in [0.717, 1.165) is 11.3 Å². The number of thiazole rings is 1. The summed E-state index contributed by atoms with van der Waals surface area (Å²) in [4.78, 5) is 42.6. The highest BCUT2D eigenvalue weighted by atomic mass is 32.1. The van der Waals surface area contributed by atoms with Crippen molar-refractivity contribution in [2.75, 3.05) is 5.32 Å². The van der Waals surface area contributed by atoms with E-state index in [1.807, 2.05) is 36.6 Å². The number of thiophene rings is 1. The third kappa shape index (κ3) is 5.79. The Hall–Kier alpha value is -3.62. The normalized spacial score (nSPS) is 10.6. The van der Waals surface area contributed by atoms with Gasteiger partial charge in [0, 0.05) is 16.6 Å². The van der Waals surface area contributed by atoms with Crippen molar-refractivity contribution in [3.63, 3.8) is 0 Å². The van der Waals surface area contributed by atoms with Crippen LogP contribution in [0.2, 0.25) is 0 Å². The number of hydrogen-bond donors (Lipinski definition) is 1. The summed E-state index contributed by atoms with van der Waals surface area (Å²) < 4.78 is 5.40. The molecule has 166 valence electrons. The molecule has 0 aliphatic rings. The molecule has 2 aromatic heterocycles. The second-order valence-electron chi connectivity index (χ2n) is 7.25. The van der Waals surface area contributed by atoms with Crippen molar-refractivity contribution in [2.24, 2.45) is 0 Å². The molecule has 0 aliphatic carbocycles. The summed E-state index contributed by atoms with van der Waals surface area (Å²) in [6, 6.07) is 17.7. The van der Waals surface area contributed by atoms with Gasteiger partial charge in [-0.1, -0.05) is 42.0 Å². The number of ether oxygens (including phenoxy) is 1. The molecule has 0 fully saturated rings. The summed E-state index contributed by atoms with van der Waals surface area (Å²) in [6.45, 7) is 1.94. The third-order valence-corrected chi connectivity index (χ3v) is 6.50. The van der Waals surface area contributed by atoms with Crippen molar-refractivity contribution in [1.29, 1.82) is 0 Å². The molecule has 2 heterocycles. The fourth-order valence-corrected chi connectivity index (χ4v) is 4.55. The number of ketones is 1. The van der Waals surface area contributed by atoms with E-state index < -0.39 is 5.97 Å². The minimum Gasteiger partial charge on any atom is -0.456 e. The van der Waals surface area contributed by atoms with Crippen LogP contribution in [0.3, 0.4) is 0 Å². The topological polar surface area (TPSA) is 85.4 Å². The van der Waals surface area contributed by atoms with E-state index in [1.54, 1.807) is 41.8 Å².